The Morgan fingerprint density at radius 3 is 2.76 bits per heavy atom. The average molecular weight is 379 g/mol. The Labute approximate surface area is 157 Å². The summed E-state index contributed by atoms with van der Waals surface area (Å²) in [5, 5.41) is 14.3. The molecule has 0 radical (unpaired) electrons. The number of benzene rings is 2. The van der Waals surface area contributed by atoms with Crippen molar-refractivity contribution in [1.29, 1.82) is 0 Å². The van der Waals surface area contributed by atoms with Gasteiger partial charge in [0, 0.05) is 10.6 Å². The number of H-pyrrole nitrogens is 1. The first-order chi connectivity index (χ1) is 12.1. The van der Waals surface area contributed by atoms with E-state index in [4.69, 9.17) is 23.2 Å². The highest BCUT2D eigenvalue weighted by atomic mass is 35.5. The highest BCUT2D eigenvalue weighted by molar-refractivity contribution is 6.35. The first-order valence-corrected chi connectivity index (χ1v) is 9.27. The minimum absolute atomic E-state index is 0.0622. The molecule has 0 spiro atoms. The Bertz CT molecular complexity index is 876. The van der Waals surface area contributed by atoms with Crippen molar-refractivity contribution in [2.45, 2.75) is 39.3 Å². The van der Waals surface area contributed by atoms with E-state index in [-0.39, 0.29) is 10.8 Å². The molecule has 0 fully saturated rings. The molecule has 4 nitrogen and oxygen atoms in total. The van der Waals surface area contributed by atoms with Gasteiger partial charge in [0.05, 0.1) is 18.1 Å². The maximum Gasteiger partial charge on any atom is 0.356 e. The molecule has 0 atom stereocenters. The molecule has 0 amide bonds. The van der Waals surface area contributed by atoms with Crippen LogP contribution < -0.4 is 9.88 Å². The fraction of sp³-hybridized carbons (Fsp3) is 0.316. The predicted octanol–water partition coefficient (Wildman–Crippen LogP) is 5.27. The lowest BCUT2D eigenvalue weighted by Gasteiger charge is -2.07. The molecule has 25 heavy (non-hydrogen) atoms. The molecule has 132 valence electrons. The molecule has 0 aliphatic carbocycles. The highest BCUT2D eigenvalue weighted by Crippen LogP contribution is 2.31. The quantitative estimate of drug-likeness (QED) is 0.387. The number of rotatable bonds is 7. The van der Waals surface area contributed by atoms with Crippen LogP contribution in [-0.2, 0) is 13.1 Å². The molecule has 3 N–H and O–H groups in total. The van der Waals surface area contributed by atoms with Gasteiger partial charge in [-0.25, -0.2) is 9.55 Å². The number of aromatic nitrogens is 2. The van der Waals surface area contributed by atoms with Gasteiger partial charge in [-0.2, -0.15) is 0 Å². The first-order valence-electron chi connectivity index (χ1n) is 8.51. The van der Waals surface area contributed by atoms with Gasteiger partial charge in [-0.1, -0.05) is 55.1 Å². The SMILES string of the molecule is CCCCC[n+]1c(NCc2cc(Cl)cc(Cl)c2O)[nH]c2ccccc21. The second kappa shape index (κ2) is 7.98. The van der Waals surface area contributed by atoms with Crippen molar-refractivity contribution < 1.29 is 9.67 Å². The summed E-state index contributed by atoms with van der Waals surface area (Å²) in [5.41, 5.74) is 2.90. The molecular formula is C19H22Cl2N3O+. The third-order valence-corrected chi connectivity index (χ3v) is 4.76. The zero-order valence-electron chi connectivity index (χ0n) is 14.1. The summed E-state index contributed by atoms with van der Waals surface area (Å²) in [5.74, 6) is 0.972. The Morgan fingerprint density at radius 2 is 1.96 bits per heavy atom. The summed E-state index contributed by atoms with van der Waals surface area (Å²) >= 11 is 12.1. The zero-order valence-corrected chi connectivity index (χ0v) is 15.7. The van der Waals surface area contributed by atoms with Crippen LogP contribution in [0.2, 0.25) is 10.0 Å². The van der Waals surface area contributed by atoms with Gasteiger partial charge in [0.25, 0.3) is 0 Å². The normalized spacial score (nSPS) is 11.2. The molecule has 0 unspecified atom stereocenters. The van der Waals surface area contributed by atoms with Crippen LogP contribution in [0.5, 0.6) is 5.75 Å². The molecule has 3 rings (SSSR count). The van der Waals surface area contributed by atoms with Gasteiger partial charge in [-0.3, -0.25) is 5.32 Å². The number of nitrogens with zero attached hydrogens (tertiary/aromatic N) is 1. The minimum atomic E-state index is 0.0622. The maximum absolute atomic E-state index is 10.1. The number of halogens is 2. The standard InChI is InChI=1S/C19H21Cl2N3O/c1-2-3-6-9-24-17-8-5-4-7-16(17)23-19(24)22-12-13-10-14(20)11-15(21)18(13)25/h4-5,7-8,10-11H,2-3,6,9,12H2,1H3,(H2,22,23,25)/p+1. The first kappa shape index (κ1) is 17.9. The van der Waals surface area contributed by atoms with Gasteiger partial charge < -0.3 is 5.11 Å². The number of aromatic amines is 1. The molecule has 0 bridgehead atoms. The van der Waals surface area contributed by atoms with Crippen LogP contribution in [0, 0.1) is 0 Å². The number of hydrogen-bond acceptors (Lipinski definition) is 2. The molecule has 2 aromatic carbocycles. The maximum atomic E-state index is 10.1. The number of phenols is 1. The van der Waals surface area contributed by atoms with E-state index >= 15 is 0 Å². The molecule has 0 aliphatic rings. The fourth-order valence-electron chi connectivity index (χ4n) is 2.95. The Balaban J connectivity index is 1.86. The number of para-hydroxylation sites is 2. The summed E-state index contributed by atoms with van der Waals surface area (Å²) in [7, 11) is 0. The van der Waals surface area contributed by atoms with Crippen molar-refractivity contribution in [1.82, 2.24) is 4.98 Å². The Hall–Kier alpha value is -1.91. The van der Waals surface area contributed by atoms with E-state index in [0.29, 0.717) is 17.1 Å². The van der Waals surface area contributed by atoms with Gasteiger partial charge in [0.15, 0.2) is 0 Å². The van der Waals surface area contributed by atoms with Crippen molar-refractivity contribution >= 4 is 40.2 Å². The van der Waals surface area contributed by atoms with Crippen molar-refractivity contribution in [3.63, 3.8) is 0 Å². The fourth-order valence-corrected chi connectivity index (χ4v) is 3.49. The summed E-state index contributed by atoms with van der Waals surface area (Å²) in [6.45, 7) is 3.56. The van der Waals surface area contributed by atoms with Crippen LogP contribution in [0.15, 0.2) is 36.4 Å². The topological polar surface area (TPSA) is 51.9 Å². The third-order valence-electron chi connectivity index (χ3n) is 4.26. The molecular weight excluding hydrogens is 357 g/mol. The van der Waals surface area contributed by atoms with Gasteiger partial charge >= 0.3 is 5.95 Å². The van der Waals surface area contributed by atoms with Gasteiger partial charge in [0.1, 0.15) is 16.8 Å². The van der Waals surface area contributed by atoms with Crippen LogP contribution >= 0.6 is 23.2 Å². The summed E-state index contributed by atoms with van der Waals surface area (Å²) in [6.07, 6.45) is 3.49. The smallest absolute Gasteiger partial charge is 0.356 e. The van der Waals surface area contributed by atoms with Crippen LogP contribution in [-0.4, -0.2) is 10.1 Å². The lowest BCUT2D eigenvalue weighted by Crippen LogP contribution is -2.36. The zero-order chi connectivity index (χ0) is 17.8. The van der Waals surface area contributed by atoms with E-state index in [1.807, 2.05) is 12.1 Å². The number of hydrogen-bond donors (Lipinski definition) is 3. The van der Waals surface area contributed by atoms with Gasteiger partial charge in [-0.05, 0) is 30.7 Å². The van der Waals surface area contributed by atoms with Crippen LogP contribution in [0.25, 0.3) is 11.0 Å². The molecule has 1 aromatic heterocycles. The lowest BCUT2D eigenvalue weighted by atomic mass is 10.2. The second-order valence-electron chi connectivity index (χ2n) is 6.10. The van der Waals surface area contributed by atoms with E-state index < -0.39 is 0 Å². The lowest BCUT2D eigenvalue weighted by molar-refractivity contribution is -0.657. The Morgan fingerprint density at radius 1 is 1.16 bits per heavy atom. The van der Waals surface area contributed by atoms with Crippen molar-refractivity contribution in [3.05, 3.63) is 52.0 Å². The second-order valence-corrected chi connectivity index (χ2v) is 6.94. The Kier molecular flexibility index (Phi) is 5.71. The average Bonchev–Trinajstić information content (AvgIpc) is 2.95. The number of anilines is 1. The molecule has 1 heterocycles. The van der Waals surface area contributed by atoms with E-state index in [2.05, 4.69) is 33.9 Å². The number of imidazole rings is 1. The van der Waals surface area contributed by atoms with E-state index in [1.165, 1.54) is 18.9 Å². The number of nitrogens with one attached hydrogen (secondary N) is 2. The monoisotopic (exact) mass is 378 g/mol. The van der Waals surface area contributed by atoms with Gasteiger partial charge in [0.2, 0.25) is 0 Å². The summed E-state index contributed by atoms with van der Waals surface area (Å²) in [4.78, 5) is 3.41. The van der Waals surface area contributed by atoms with Crippen LogP contribution in [0.1, 0.15) is 31.7 Å². The van der Waals surface area contributed by atoms with Gasteiger partial charge in [-0.15, -0.1) is 0 Å². The molecule has 6 heteroatoms. The number of aryl methyl sites for hydroxylation is 1. The van der Waals surface area contributed by atoms with Crippen molar-refractivity contribution in [2.75, 3.05) is 5.32 Å². The van der Waals surface area contributed by atoms with Crippen LogP contribution in [0.4, 0.5) is 5.95 Å². The van der Waals surface area contributed by atoms with Crippen molar-refractivity contribution in [2.24, 2.45) is 0 Å². The largest absolute Gasteiger partial charge is 0.506 e. The van der Waals surface area contributed by atoms with Crippen molar-refractivity contribution in [3.8, 4) is 5.75 Å². The summed E-state index contributed by atoms with van der Waals surface area (Å²) in [6, 6.07) is 11.5. The number of aromatic hydroxyl groups is 1. The molecule has 0 aliphatic heterocycles. The minimum Gasteiger partial charge on any atom is -0.506 e. The summed E-state index contributed by atoms with van der Waals surface area (Å²) < 4.78 is 2.24. The highest BCUT2D eigenvalue weighted by Gasteiger charge is 2.17. The van der Waals surface area contributed by atoms with E-state index in [0.717, 1.165) is 29.9 Å². The molecule has 0 saturated carbocycles. The third kappa shape index (κ3) is 4.02. The molecule has 0 saturated heterocycles. The molecule has 3 aromatic rings. The van der Waals surface area contributed by atoms with E-state index in [1.54, 1.807) is 6.07 Å². The number of fused-ring (bicyclic) bond motifs is 1. The number of unbranched alkanes of at least 4 members (excludes halogenated alkanes) is 2. The predicted molar refractivity (Wildman–Crippen MR) is 103 cm³/mol. The van der Waals surface area contributed by atoms with E-state index in [9.17, 15) is 5.11 Å². The van der Waals surface area contributed by atoms with Crippen LogP contribution in [0.3, 0.4) is 0 Å². The number of phenolic OH excluding ortho intramolecular Hbond substituents is 1.